The van der Waals surface area contributed by atoms with Crippen molar-refractivity contribution in [2.24, 2.45) is 0 Å². The van der Waals surface area contributed by atoms with E-state index in [1.54, 1.807) is 0 Å². The number of ether oxygens (including phenoxy) is 1. The SMILES string of the molecule is CC(=N)OC(=N)c1ccc(C(C)C)cc1. The van der Waals surface area contributed by atoms with Gasteiger partial charge in [-0.25, -0.2) is 0 Å². The summed E-state index contributed by atoms with van der Waals surface area (Å²) in [6.45, 7) is 5.76. The molecule has 0 amide bonds. The van der Waals surface area contributed by atoms with Crippen molar-refractivity contribution in [1.29, 1.82) is 10.8 Å². The first-order chi connectivity index (χ1) is 7.00. The van der Waals surface area contributed by atoms with Crippen molar-refractivity contribution in [2.75, 3.05) is 0 Å². The van der Waals surface area contributed by atoms with E-state index in [4.69, 9.17) is 15.6 Å². The molecule has 1 rings (SSSR count). The Morgan fingerprint density at radius 1 is 1.13 bits per heavy atom. The molecule has 0 spiro atoms. The van der Waals surface area contributed by atoms with Gasteiger partial charge in [0.2, 0.25) is 5.90 Å². The lowest BCUT2D eigenvalue weighted by Crippen LogP contribution is -2.08. The first-order valence-electron chi connectivity index (χ1n) is 4.92. The minimum Gasteiger partial charge on any atom is -0.426 e. The van der Waals surface area contributed by atoms with Gasteiger partial charge < -0.3 is 4.74 Å². The minimum atomic E-state index is 0.0257. The average Bonchev–Trinajstić information content (AvgIpc) is 2.17. The maximum atomic E-state index is 7.57. The number of benzene rings is 1. The fraction of sp³-hybridized carbons (Fsp3) is 0.333. The zero-order chi connectivity index (χ0) is 11.4. The van der Waals surface area contributed by atoms with Crippen molar-refractivity contribution in [3.63, 3.8) is 0 Å². The highest BCUT2D eigenvalue weighted by Gasteiger charge is 2.04. The van der Waals surface area contributed by atoms with E-state index in [1.165, 1.54) is 12.5 Å². The van der Waals surface area contributed by atoms with Crippen LogP contribution in [0.3, 0.4) is 0 Å². The molecule has 1 aromatic carbocycles. The molecule has 0 aliphatic rings. The van der Waals surface area contributed by atoms with Gasteiger partial charge in [0.15, 0.2) is 5.90 Å². The summed E-state index contributed by atoms with van der Waals surface area (Å²) in [6.07, 6.45) is 0. The second-order valence-corrected chi connectivity index (χ2v) is 3.76. The lowest BCUT2D eigenvalue weighted by Gasteiger charge is -2.08. The third-order valence-corrected chi connectivity index (χ3v) is 2.09. The van der Waals surface area contributed by atoms with Gasteiger partial charge in [0, 0.05) is 12.5 Å². The fourth-order valence-electron chi connectivity index (χ4n) is 1.23. The van der Waals surface area contributed by atoms with Crippen LogP contribution in [-0.2, 0) is 4.74 Å². The summed E-state index contributed by atoms with van der Waals surface area (Å²) in [7, 11) is 0. The third-order valence-electron chi connectivity index (χ3n) is 2.09. The van der Waals surface area contributed by atoms with Crippen LogP contribution in [0.2, 0.25) is 0 Å². The van der Waals surface area contributed by atoms with Crippen molar-refractivity contribution < 1.29 is 4.74 Å². The van der Waals surface area contributed by atoms with E-state index in [-0.39, 0.29) is 11.8 Å². The fourth-order valence-corrected chi connectivity index (χ4v) is 1.23. The number of hydrogen-bond acceptors (Lipinski definition) is 3. The van der Waals surface area contributed by atoms with E-state index >= 15 is 0 Å². The standard InChI is InChI=1S/C12H16N2O/c1-8(2)10-4-6-11(7-5-10)12(14)15-9(3)13/h4-8,13-14H,1-3H3. The second kappa shape index (κ2) is 4.73. The van der Waals surface area contributed by atoms with Gasteiger partial charge in [-0.2, -0.15) is 0 Å². The molecule has 0 aliphatic heterocycles. The molecule has 80 valence electrons. The number of rotatable bonds is 2. The number of hydrogen-bond donors (Lipinski definition) is 2. The molecule has 0 heterocycles. The second-order valence-electron chi connectivity index (χ2n) is 3.76. The Hall–Kier alpha value is -1.64. The molecule has 0 atom stereocenters. The molecule has 0 saturated carbocycles. The van der Waals surface area contributed by atoms with Crippen LogP contribution in [0.1, 0.15) is 37.8 Å². The van der Waals surface area contributed by atoms with Gasteiger partial charge in [-0.15, -0.1) is 0 Å². The quantitative estimate of drug-likeness (QED) is 0.564. The van der Waals surface area contributed by atoms with Gasteiger partial charge in [0.25, 0.3) is 0 Å². The molecule has 0 saturated heterocycles. The molecular formula is C12H16N2O. The van der Waals surface area contributed by atoms with Gasteiger partial charge in [-0.3, -0.25) is 10.8 Å². The van der Waals surface area contributed by atoms with Crippen LogP contribution in [0.25, 0.3) is 0 Å². The molecule has 0 radical (unpaired) electrons. The highest BCUT2D eigenvalue weighted by Crippen LogP contribution is 2.15. The third kappa shape index (κ3) is 3.20. The van der Waals surface area contributed by atoms with E-state index in [9.17, 15) is 0 Å². The predicted octanol–water partition coefficient (Wildman–Crippen LogP) is 3.15. The van der Waals surface area contributed by atoms with Gasteiger partial charge in [0.1, 0.15) is 0 Å². The highest BCUT2D eigenvalue weighted by atomic mass is 16.5. The summed E-state index contributed by atoms with van der Waals surface area (Å²) in [5, 5.41) is 14.7. The van der Waals surface area contributed by atoms with Crippen molar-refractivity contribution >= 4 is 11.8 Å². The summed E-state index contributed by atoms with van der Waals surface area (Å²) in [4.78, 5) is 0. The van der Waals surface area contributed by atoms with E-state index in [2.05, 4.69) is 13.8 Å². The molecule has 2 N–H and O–H groups in total. The van der Waals surface area contributed by atoms with Crippen LogP contribution in [-0.4, -0.2) is 11.8 Å². The van der Waals surface area contributed by atoms with Crippen LogP contribution >= 0.6 is 0 Å². The summed E-state index contributed by atoms with van der Waals surface area (Å²) in [5.41, 5.74) is 1.93. The van der Waals surface area contributed by atoms with Crippen molar-refractivity contribution in [3.8, 4) is 0 Å². The van der Waals surface area contributed by atoms with Crippen molar-refractivity contribution in [3.05, 3.63) is 35.4 Å². The van der Waals surface area contributed by atoms with Crippen molar-refractivity contribution in [1.82, 2.24) is 0 Å². The molecule has 0 aliphatic carbocycles. The summed E-state index contributed by atoms with van der Waals surface area (Å²) >= 11 is 0. The topological polar surface area (TPSA) is 56.9 Å². The molecule has 15 heavy (non-hydrogen) atoms. The molecular weight excluding hydrogens is 188 g/mol. The van der Waals surface area contributed by atoms with Crippen LogP contribution < -0.4 is 0 Å². The smallest absolute Gasteiger partial charge is 0.220 e. The van der Waals surface area contributed by atoms with Crippen LogP contribution in [0.4, 0.5) is 0 Å². The molecule has 0 bridgehead atoms. The molecule has 0 unspecified atom stereocenters. The van der Waals surface area contributed by atoms with Crippen molar-refractivity contribution in [2.45, 2.75) is 26.7 Å². The largest absolute Gasteiger partial charge is 0.426 e. The summed E-state index contributed by atoms with van der Waals surface area (Å²) < 4.78 is 4.90. The van der Waals surface area contributed by atoms with Gasteiger partial charge in [-0.1, -0.05) is 26.0 Å². The lowest BCUT2D eigenvalue weighted by molar-refractivity contribution is 0.532. The summed E-state index contributed by atoms with van der Waals surface area (Å²) in [5.74, 6) is 0.546. The molecule has 3 nitrogen and oxygen atoms in total. The van der Waals surface area contributed by atoms with E-state index < -0.39 is 0 Å². The summed E-state index contributed by atoms with van der Waals surface area (Å²) in [6, 6.07) is 7.66. The average molecular weight is 204 g/mol. The minimum absolute atomic E-state index is 0.0257. The highest BCUT2D eigenvalue weighted by molar-refractivity contribution is 5.98. The van der Waals surface area contributed by atoms with E-state index in [0.717, 1.165) is 0 Å². The Morgan fingerprint density at radius 2 is 1.67 bits per heavy atom. The maximum absolute atomic E-state index is 7.57. The van der Waals surface area contributed by atoms with Crippen LogP contribution in [0.15, 0.2) is 24.3 Å². The zero-order valence-corrected chi connectivity index (χ0v) is 9.29. The Kier molecular flexibility index (Phi) is 3.61. The Bertz CT molecular complexity index is 366. The zero-order valence-electron chi connectivity index (χ0n) is 9.29. The van der Waals surface area contributed by atoms with E-state index in [0.29, 0.717) is 11.5 Å². The molecule has 1 aromatic rings. The first kappa shape index (κ1) is 11.4. The predicted molar refractivity (Wildman–Crippen MR) is 61.8 cm³/mol. The van der Waals surface area contributed by atoms with E-state index in [1.807, 2.05) is 24.3 Å². The molecule has 0 aromatic heterocycles. The molecule has 3 heteroatoms. The van der Waals surface area contributed by atoms with Crippen LogP contribution in [0, 0.1) is 10.8 Å². The Labute approximate surface area is 90.1 Å². The first-order valence-corrected chi connectivity index (χ1v) is 4.92. The Balaban J connectivity index is 2.80. The lowest BCUT2D eigenvalue weighted by atomic mass is 10.0. The normalized spacial score (nSPS) is 10.1. The Morgan fingerprint density at radius 3 is 2.07 bits per heavy atom. The van der Waals surface area contributed by atoms with Gasteiger partial charge in [0.05, 0.1) is 0 Å². The molecule has 0 fully saturated rings. The van der Waals surface area contributed by atoms with Crippen LogP contribution in [0.5, 0.6) is 0 Å². The number of nitrogens with one attached hydrogen (secondary N) is 2. The maximum Gasteiger partial charge on any atom is 0.220 e. The van der Waals surface area contributed by atoms with Gasteiger partial charge >= 0.3 is 0 Å². The van der Waals surface area contributed by atoms with Gasteiger partial charge in [-0.05, 0) is 23.6 Å². The monoisotopic (exact) mass is 204 g/mol.